The van der Waals surface area contributed by atoms with E-state index in [1.807, 2.05) is 13.0 Å². The minimum Gasteiger partial charge on any atom is -0.356 e. The quantitative estimate of drug-likeness (QED) is 0.884. The van der Waals surface area contributed by atoms with Crippen LogP contribution in [0.15, 0.2) is 36.8 Å². The van der Waals surface area contributed by atoms with E-state index >= 15 is 0 Å². The fraction of sp³-hybridized carbons (Fsp3) is 0.412. The molecule has 1 aliphatic rings. The SMILES string of the molecule is CCNC(=O)[C@@H]1CCCN(C(=O)Nc2ccc(-n3cccn3)nc2)C1. The van der Waals surface area contributed by atoms with Gasteiger partial charge in [-0.1, -0.05) is 0 Å². The number of carbonyl (C=O) groups is 2. The van der Waals surface area contributed by atoms with Crippen molar-refractivity contribution in [2.45, 2.75) is 19.8 Å². The standard InChI is InChI=1S/C17H22N6O2/c1-2-18-16(24)13-5-3-9-22(12-13)17(25)21-14-6-7-15(19-11-14)23-10-4-8-20-23/h4,6-8,10-11,13H,2-3,5,9,12H2,1H3,(H,18,24)(H,21,25)/t13-/m1/s1. The molecule has 3 rings (SSSR count). The van der Waals surface area contributed by atoms with Gasteiger partial charge >= 0.3 is 6.03 Å². The van der Waals surface area contributed by atoms with Crippen LogP contribution >= 0.6 is 0 Å². The Balaban J connectivity index is 1.59. The van der Waals surface area contributed by atoms with Gasteiger partial charge in [0.2, 0.25) is 5.91 Å². The summed E-state index contributed by atoms with van der Waals surface area (Å²) in [6, 6.07) is 5.19. The third-order valence-corrected chi connectivity index (χ3v) is 4.17. The Morgan fingerprint density at radius 2 is 2.24 bits per heavy atom. The summed E-state index contributed by atoms with van der Waals surface area (Å²) >= 11 is 0. The molecule has 1 saturated heterocycles. The molecule has 0 radical (unpaired) electrons. The Hall–Kier alpha value is -2.90. The van der Waals surface area contributed by atoms with E-state index in [1.165, 1.54) is 0 Å². The smallest absolute Gasteiger partial charge is 0.321 e. The van der Waals surface area contributed by atoms with Gasteiger partial charge in [-0.25, -0.2) is 14.5 Å². The molecule has 0 aromatic carbocycles. The van der Waals surface area contributed by atoms with E-state index in [2.05, 4.69) is 20.7 Å². The maximum atomic E-state index is 12.4. The van der Waals surface area contributed by atoms with Crippen molar-refractivity contribution in [2.24, 2.45) is 5.92 Å². The van der Waals surface area contributed by atoms with Crippen molar-refractivity contribution >= 4 is 17.6 Å². The first-order chi connectivity index (χ1) is 12.2. The van der Waals surface area contributed by atoms with Gasteiger partial charge in [0.05, 0.1) is 17.8 Å². The second kappa shape index (κ2) is 7.78. The molecule has 0 aliphatic carbocycles. The van der Waals surface area contributed by atoms with Crippen molar-refractivity contribution in [3.63, 3.8) is 0 Å². The summed E-state index contributed by atoms with van der Waals surface area (Å²) in [6.45, 7) is 3.60. The summed E-state index contributed by atoms with van der Waals surface area (Å²) in [5.41, 5.74) is 0.612. The summed E-state index contributed by atoms with van der Waals surface area (Å²) in [4.78, 5) is 30.4. The topological polar surface area (TPSA) is 92.2 Å². The number of anilines is 1. The third-order valence-electron chi connectivity index (χ3n) is 4.17. The zero-order valence-corrected chi connectivity index (χ0v) is 14.2. The van der Waals surface area contributed by atoms with Gasteiger partial charge in [0.1, 0.15) is 0 Å². The molecular weight excluding hydrogens is 320 g/mol. The largest absolute Gasteiger partial charge is 0.356 e. The number of urea groups is 1. The third kappa shape index (κ3) is 4.14. The number of rotatable bonds is 4. The van der Waals surface area contributed by atoms with E-state index in [4.69, 9.17) is 0 Å². The second-order valence-electron chi connectivity index (χ2n) is 5.97. The summed E-state index contributed by atoms with van der Waals surface area (Å²) < 4.78 is 1.65. The van der Waals surface area contributed by atoms with Crippen LogP contribution < -0.4 is 10.6 Å². The lowest BCUT2D eigenvalue weighted by molar-refractivity contribution is -0.126. The number of nitrogens with zero attached hydrogens (tertiary/aromatic N) is 4. The fourth-order valence-corrected chi connectivity index (χ4v) is 2.90. The molecule has 2 aromatic rings. The van der Waals surface area contributed by atoms with Gasteiger partial charge in [0, 0.05) is 32.0 Å². The first-order valence-electron chi connectivity index (χ1n) is 8.47. The number of amides is 3. The maximum Gasteiger partial charge on any atom is 0.321 e. The van der Waals surface area contributed by atoms with E-state index in [9.17, 15) is 9.59 Å². The first kappa shape index (κ1) is 16.9. The molecule has 0 bridgehead atoms. The number of likely N-dealkylation sites (tertiary alicyclic amines) is 1. The highest BCUT2D eigenvalue weighted by atomic mass is 16.2. The van der Waals surface area contributed by atoms with Crippen LogP contribution in [0.2, 0.25) is 0 Å². The summed E-state index contributed by atoms with van der Waals surface area (Å²) in [6.07, 6.45) is 6.72. The minimum atomic E-state index is -0.206. The van der Waals surface area contributed by atoms with E-state index < -0.39 is 0 Å². The summed E-state index contributed by atoms with van der Waals surface area (Å²) in [5.74, 6) is 0.558. The van der Waals surface area contributed by atoms with Crippen molar-refractivity contribution < 1.29 is 9.59 Å². The Morgan fingerprint density at radius 3 is 2.92 bits per heavy atom. The highest BCUT2D eigenvalue weighted by Gasteiger charge is 2.28. The molecule has 2 aromatic heterocycles. The molecule has 0 spiro atoms. The average molecular weight is 342 g/mol. The van der Waals surface area contributed by atoms with Crippen LogP contribution in [0.3, 0.4) is 0 Å². The number of aromatic nitrogens is 3. The molecule has 0 saturated carbocycles. The van der Waals surface area contributed by atoms with Gasteiger partial charge in [-0.15, -0.1) is 0 Å². The highest BCUT2D eigenvalue weighted by Crippen LogP contribution is 2.18. The number of piperidine rings is 1. The highest BCUT2D eigenvalue weighted by molar-refractivity contribution is 5.90. The van der Waals surface area contributed by atoms with E-state index in [-0.39, 0.29) is 17.9 Å². The zero-order valence-electron chi connectivity index (χ0n) is 14.2. The molecule has 132 valence electrons. The fourth-order valence-electron chi connectivity index (χ4n) is 2.90. The monoisotopic (exact) mass is 342 g/mol. The molecule has 3 heterocycles. The van der Waals surface area contributed by atoms with Crippen LogP contribution in [0, 0.1) is 5.92 Å². The molecule has 0 unspecified atom stereocenters. The van der Waals surface area contributed by atoms with E-state index in [0.717, 1.165) is 12.8 Å². The average Bonchev–Trinajstić information content (AvgIpc) is 3.17. The normalized spacial score (nSPS) is 17.2. The Morgan fingerprint density at radius 1 is 1.36 bits per heavy atom. The number of hydrogen-bond donors (Lipinski definition) is 2. The molecule has 8 nitrogen and oxygen atoms in total. The molecule has 1 atom stereocenters. The minimum absolute atomic E-state index is 0.0187. The summed E-state index contributed by atoms with van der Waals surface area (Å²) in [7, 11) is 0. The van der Waals surface area contributed by atoms with Crippen molar-refractivity contribution in [3.8, 4) is 5.82 Å². The van der Waals surface area contributed by atoms with Crippen LogP contribution in [0.1, 0.15) is 19.8 Å². The van der Waals surface area contributed by atoms with Crippen LogP contribution in [0.4, 0.5) is 10.5 Å². The second-order valence-corrected chi connectivity index (χ2v) is 5.97. The number of hydrogen-bond acceptors (Lipinski definition) is 4. The number of nitrogens with one attached hydrogen (secondary N) is 2. The lowest BCUT2D eigenvalue weighted by Gasteiger charge is -2.32. The van der Waals surface area contributed by atoms with Crippen molar-refractivity contribution in [3.05, 3.63) is 36.8 Å². The van der Waals surface area contributed by atoms with Gasteiger partial charge in [0.25, 0.3) is 0 Å². The van der Waals surface area contributed by atoms with Crippen molar-refractivity contribution in [1.29, 1.82) is 0 Å². The van der Waals surface area contributed by atoms with Crippen molar-refractivity contribution in [1.82, 2.24) is 25.0 Å². The van der Waals surface area contributed by atoms with Gasteiger partial charge in [-0.3, -0.25) is 4.79 Å². The lowest BCUT2D eigenvalue weighted by atomic mass is 9.97. The molecule has 1 aliphatic heterocycles. The van der Waals surface area contributed by atoms with Gasteiger partial charge in [-0.05, 0) is 38.0 Å². The van der Waals surface area contributed by atoms with Gasteiger partial charge in [0.15, 0.2) is 5.82 Å². The predicted octanol–water partition coefficient (Wildman–Crippen LogP) is 1.65. The first-order valence-corrected chi connectivity index (χ1v) is 8.47. The number of pyridine rings is 1. The maximum absolute atomic E-state index is 12.4. The molecule has 25 heavy (non-hydrogen) atoms. The van der Waals surface area contributed by atoms with Gasteiger partial charge < -0.3 is 15.5 Å². The molecule has 1 fully saturated rings. The molecule has 8 heteroatoms. The van der Waals surface area contributed by atoms with Crippen molar-refractivity contribution in [2.75, 3.05) is 25.0 Å². The molecular formula is C17H22N6O2. The summed E-state index contributed by atoms with van der Waals surface area (Å²) in [5, 5.41) is 9.78. The Labute approximate surface area is 146 Å². The van der Waals surface area contributed by atoms with Crippen LogP contribution in [0.25, 0.3) is 5.82 Å². The molecule has 2 N–H and O–H groups in total. The Bertz CT molecular complexity index is 713. The number of carbonyl (C=O) groups excluding carboxylic acids is 2. The zero-order chi connectivity index (χ0) is 17.6. The Kier molecular flexibility index (Phi) is 5.27. The van der Waals surface area contributed by atoms with Crippen LogP contribution in [-0.2, 0) is 4.79 Å². The predicted molar refractivity (Wildman–Crippen MR) is 93.4 cm³/mol. The van der Waals surface area contributed by atoms with E-state index in [0.29, 0.717) is 31.1 Å². The van der Waals surface area contributed by atoms with E-state index in [1.54, 1.807) is 40.3 Å². The van der Waals surface area contributed by atoms with Gasteiger partial charge in [-0.2, -0.15) is 5.10 Å². The molecule has 3 amide bonds. The van der Waals surface area contributed by atoms with Crippen LogP contribution in [0.5, 0.6) is 0 Å². The van der Waals surface area contributed by atoms with Crippen LogP contribution in [-0.4, -0.2) is 51.2 Å². The lowest BCUT2D eigenvalue weighted by Crippen LogP contribution is -2.46.